The predicted molar refractivity (Wildman–Crippen MR) is 122 cm³/mol. The van der Waals surface area contributed by atoms with Crippen LogP contribution in [-0.4, -0.2) is 0 Å². The van der Waals surface area contributed by atoms with Gasteiger partial charge >= 0.3 is 5.63 Å². The first-order valence-electron chi connectivity index (χ1n) is 10.0. The van der Waals surface area contributed by atoms with Crippen LogP contribution in [0.3, 0.4) is 0 Å². The van der Waals surface area contributed by atoms with Crippen molar-refractivity contribution in [3.63, 3.8) is 0 Å². The number of benzene rings is 3. The van der Waals surface area contributed by atoms with Crippen molar-refractivity contribution in [1.82, 2.24) is 0 Å². The molecule has 0 saturated carbocycles. The molecule has 30 heavy (non-hydrogen) atoms. The highest BCUT2D eigenvalue weighted by Gasteiger charge is 2.22. The molecule has 2 aromatic heterocycles. The van der Waals surface area contributed by atoms with Crippen LogP contribution in [0.15, 0.2) is 92.5 Å². The summed E-state index contributed by atoms with van der Waals surface area (Å²) in [6, 6.07) is 25.5. The maximum Gasteiger partial charge on any atom is 0.348 e. The maximum atomic E-state index is 13.0. The summed E-state index contributed by atoms with van der Waals surface area (Å²) in [6.45, 7) is 4.32. The zero-order valence-electron chi connectivity index (χ0n) is 16.8. The van der Waals surface area contributed by atoms with Crippen molar-refractivity contribution in [2.75, 3.05) is 5.32 Å². The van der Waals surface area contributed by atoms with Crippen LogP contribution < -0.4 is 10.9 Å². The Morgan fingerprint density at radius 1 is 0.800 bits per heavy atom. The van der Waals surface area contributed by atoms with Crippen molar-refractivity contribution in [3.05, 3.63) is 94.8 Å². The highest BCUT2D eigenvalue weighted by molar-refractivity contribution is 6.10. The third kappa shape index (κ3) is 3.07. The minimum Gasteiger partial charge on any atom is -0.439 e. The van der Waals surface area contributed by atoms with E-state index in [0.29, 0.717) is 33.9 Å². The molecule has 0 atom stereocenters. The highest BCUT2D eigenvalue weighted by atomic mass is 16.4. The fraction of sp³-hybridized carbons (Fsp3) is 0.115. The largest absolute Gasteiger partial charge is 0.439 e. The summed E-state index contributed by atoms with van der Waals surface area (Å²) in [6.07, 6.45) is 0. The van der Waals surface area contributed by atoms with E-state index >= 15 is 0 Å². The third-order valence-corrected chi connectivity index (χ3v) is 5.34. The van der Waals surface area contributed by atoms with Gasteiger partial charge in [0.2, 0.25) is 5.88 Å². The van der Waals surface area contributed by atoms with E-state index in [0.717, 1.165) is 16.6 Å². The molecule has 5 rings (SSSR count). The Morgan fingerprint density at radius 2 is 1.50 bits per heavy atom. The molecule has 0 spiro atoms. The van der Waals surface area contributed by atoms with Gasteiger partial charge in [0.05, 0.1) is 10.9 Å². The van der Waals surface area contributed by atoms with Crippen molar-refractivity contribution < 1.29 is 8.83 Å². The molecular formula is C26H21NO3. The first kappa shape index (κ1) is 18.3. The minimum absolute atomic E-state index is 0.406. The van der Waals surface area contributed by atoms with Crippen molar-refractivity contribution in [2.24, 2.45) is 0 Å². The van der Waals surface area contributed by atoms with Crippen molar-refractivity contribution >= 4 is 33.5 Å². The second-order valence-electron chi connectivity index (χ2n) is 7.66. The minimum atomic E-state index is -0.406. The smallest absolute Gasteiger partial charge is 0.348 e. The lowest BCUT2D eigenvalue weighted by atomic mass is 9.98. The van der Waals surface area contributed by atoms with E-state index in [1.165, 1.54) is 5.56 Å². The van der Waals surface area contributed by atoms with Gasteiger partial charge in [-0.25, -0.2) is 4.79 Å². The molecule has 0 saturated heterocycles. The Labute approximate surface area is 173 Å². The zero-order valence-corrected chi connectivity index (χ0v) is 16.8. The lowest BCUT2D eigenvalue weighted by Crippen LogP contribution is -2.00. The summed E-state index contributed by atoms with van der Waals surface area (Å²) < 4.78 is 11.9. The average Bonchev–Trinajstić information content (AvgIpc) is 3.14. The second-order valence-corrected chi connectivity index (χ2v) is 7.66. The number of fused-ring (bicyclic) bond motifs is 3. The zero-order chi connectivity index (χ0) is 20.7. The highest BCUT2D eigenvalue weighted by Crippen LogP contribution is 2.41. The van der Waals surface area contributed by atoms with Gasteiger partial charge in [-0.1, -0.05) is 68.4 Å². The summed E-state index contributed by atoms with van der Waals surface area (Å²) in [4.78, 5) is 13.0. The van der Waals surface area contributed by atoms with Crippen LogP contribution in [0.25, 0.3) is 33.1 Å². The Balaban J connectivity index is 1.80. The maximum absolute atomic E-state index is 13.0. The Hall–Kier alpha value is -3.79. The molecule has 0 aliphatic carbocycles. The van der Waals surface area contributed by atoms with Gasteiger partial charge in [-0.05, 0) is 41.3 Å². The summed E-state index contributed by atoms with van der Waals surface area (Å²) in [5.41, 5.74) is 4.37. The number of rotatable bonds is 4. The van der Waals surface area contributed by atoms with Crippen LogP contribution in [0.2, 0.25) is 0 Å². The van der Waals surface area contributed by atoms with Gasteiger partial charge in [0.1, 0.15) is 11.0 Å². The Morgan fingerprint density at radius 3 is 2.23 bits per heavy atom. The SMILES string of the molecule is CC(C)c1ccc(-c2c(Nc3ccccc3)oc3c2c(=O)oc2ccccc23)cc1. The van der Waals surface area contributed by atoms with Crippen LogP contribution in [0.5, 0.6) is 0 Å². The van der Waals surface area contributed by atoms with E-state index in [1.54, 1.807) is 6.07 Å². The van der Waals surface area contributed by atoms with Crippen molar-refractivity contribution in [3.8, 4) is 11.1 Å². The number of para-hydroxylation sites is 2. The summed E-state index contributed by atoms with van der Waals surface area (Å²) in [7, 11) is 0. The van der Waals surface area contributed by atoms with Gasteiger partial charge in [-0.3, -0.25) is 0 Å². The van der Waals surface area contributed by atoms with Crippen molar-refractivity contribution in [1.29, 1.82) is 0 Å². The van der Waals surface area contributed by atoms with E-state index in [9.17, 15) is 4.79 Å². The van der Waals surface area contributed by atoms with E-state index in [1.807, 2.05) is 60.7 Å². The van der Waals surface area contributed by atoms with Crippen LogP contribution >= 0.6 is 0 Å². The van der Waals surface area contributed by atoms with Crippen LogP contribution in [0.4, 0.5) is 11.6 Å². The molecule has 4 heteroatoms. The molecule has 0 unspecified atom stereocenters. The lowest BCUT2D eigenvalue weighted by Gasteiger charge is -2.09. The first-order valence-corrected chi connectivity index (χ1v) is 10.0. The van der Waals surface area contributed by atoms with Crippen molar-refractivity contribution in [2.45, 2.75) is 19.8 Å². The Bertz CT molecular complexity index is 1390. The van der Waals surface area contributed by atoms with Crippen LogP contribution in [0.1, 0.15) is 25.3 Å². The summed E-state index contributed by atoms with van der Waals surface area (Å²) >= 11 is 0. The molecule has 0 amide bonds. The predicted octanol–water partition coefficient (Wildman–Crippen LogP) is 7.07. The van der Waals surface area contributed by atoms with Crippen LogP contribution in [0, 0.1) is 0 Å². The molecule has 1 N–H and O–H groups in total. The molecule has 148 valence electrons. The molecule has 0 fully saturated rings. The number of hydrogen-bond donors (Lipinski definition) is 1. The molecule has 3 aromatic carbocycles. The quantitative estimate of drug-likeness (QED) is 0.331. The van der Waals surface area contributed by atoms with E-state index in [4.69, 9.17) is 8.83 Å². The van der Waals surface area contributed by atoms with E-state index in [2.05, 4.69) is 31.3 Å². The van der Waals surface area contributed by atoms with Gasteiger partial charge < -0.3 is 14.2 Å². The number of anilines is 2. The molecule has 4 nitrogen and oxygen atoms in total. The van der Waals surface area contributed by atoms with Gasteiger partial charge in [0.25, 0.3) is 0 Å². The standard InChI is InChI=1S/C26H21NO3/c1-16(2)17-12-14-18(15-13-17)22-23-24(20-10-6-7-11-21(20)29-26(23)28)30-25(22)27-19-8-4-3-5-9-19/h3-16,27H,1-2H3. The number of hydrogen-bond acceptors (Lipinski definition) is 4. The summed E-state index contributed by atoms with van der Waals surface area (Å²) in [5, 5.41) is 4.56. The Kier molecular flexibility index (Phi) is 4.40. The third-order valence-electron chi connectivity index (χ3n) is 5.34. The topological polar surface area (TPSA) is 55.4 Å². The fourth-order valence-electron chi connectivity index (χ4n) is 3.76. The molecular weight excluding hydrogens is 374 g/mol. The average molecular weight is 395 g/mol. The van der Waals surface area contributed by atoms with Gasteiger partial charge in [0.15, 0.2) is 5.58 Å². The summed E-state index contributed by atoms with van der Waals surface area (Å²) in [5.74, 6) is 0.952. The van der Waals surface area contributed by atoms with Gasteiger partial charge in [0, 0.05) is 5.69 Å². The first-order chi connectivity index (χ1) is 14.6. The molecule has 5 aromatic rings. The monoisotopic (exact) mass is 395 g/mol. The molecule has 0 radical (unpaired) electrons. The second kappa shape index (κ2) is 7.23. The molecule has 2 heterocycles. The lowest BCUT2D eigenvalue weighted by molar-refractivity contribution is 0.566. The molecule has 0 aliphatic heterocycles. The number of nitrogens with one attached hydrogen (secondary N) is 1. The van der Waals surface area contributed by atoms with E-state index < -0.39 is 5.63 Å². The van der Waals surface area contributed by atoms with E-state index in [-0.39, 0.29) is 0 Å². The van der Waals surface area contributed by atoms with Crippen LogP contribution in [-0.2, 0) is 0 Å². The molecule has 0 aliphatic rings. The fourth-order valence-corrected chi connectivity index (χ4v) is 3.76. The number of furan rings is 1. The van der Waals surface area contributed by atoms with Gasteiger partial charge in [-0.2, -0.15) is 0 Å². The normalized spacial score (nSPS) is 11.4. The van der Waals surface area contributed by atoms with Gasteiger partial charge in [-0.15, -0.1) is 0 Å². The molecule has 0 bridgehead atoms.